The van der Waals surface area contributed by atoms with Gasteiger partial charge in [-0.1, -0.05) is 311 Å². The molecule has 1 atom stereocenters. The molecule has 0 saturated heterocycles. The summed E-state index contributed by atoms with van der Waals surface area (Å²) < 4.78 is 16.9. The number of hydrogen-bond acceptors (Lipinski definition) is 6. The van der Waals surface area contributed by atoms with Gasteiger partial charge in [-0.2, -0.15) is 0 Å². The standard InChI is InChI=1S/C73H128O6/c1-4-7-10-13-16-19-22-24-26-28-30-32-33-34-35-36-37-38-39-41-42-44-46-48-51-54-57-60-63-66-72(75)78-69-70(68-77-71(74)65-62-59-56-53-50-21-18-15-12-9-6-3)79-73(76)67-64-61-58-55-52-49-47-45-43-40-31-29-27-25-23-20-17-14-11-8-5-2/h7,10,16,19,23-26,29-32,34-35,70H,4-6,8-9,11-15,17-18,20-22,27-28,33,36-69H2,1-3H3/b10-7-,19-16-,25-23-,26-24-,31-29-,32-30-,35-34-. The Labute approximate surface area is 490 Å². The van der Waals surface area contributed by atoms with Crippen molar-refractivity contribution in [1.29, 1.82) is 0 Å². The van der Waals surface area contributed by atoms with E-state index in [0.29, 0.717) is 19.3 Å². The molecule has 0 bridgehead atoms. The van der Waals surface area contributed by atoms with Crippen molar-refractivity contribution in [2.24, 2.45) is 0 Å². The second-order valence-corrected chi connectivity index (χ2v) is 22.7. The van der Waals surface area contributed by atoms with Gasteiger partial charge in [0.25, 0.3) is 0 Å². The highest BCUT2D eigenvalue weighted by Gasteiger charge is 2.19. The number of esters is 3. The highest BCUT2D eigenvalue weighted by atomic mass is 16.6. The van der Waals surface area contributed by atoms with Gasteiger partial charge in [-0.25, -0.2) is 0 Å². The van der Waals surface area contributed by atoms with Crippen molar-refractivity contribution in [3.05, 3.63) is 85.1 Å². The van der Waals surface area contributed by atoms with Crippen LogP contribution in [0.4, 0.5) is 0 Å². The zero-order chi connectivity index (χ0) is 57.1. The third kappa shape index (κ3) is 65.3. The van der Waals surface area contributed by atoms with Gasteiger partial charge in [0.05, 0.1) is 0 Å². The minimum Gasteiger partial charge on any atom is -0.462 e. The van der Waals surface area contributed by atoms with E-state index in [-0.39, 0.29) is 31.1 Å². The van der Waals surface area contributed by atoms with Crippen molar-refractivity contribution < 1.29 is 28.6 Å². The number of unbranched alkanes of at least 4 members (excludes halogenated alkanes) is 37. The lowest BCUT2D eigenvalue weighted by atomic mass is 10.0. The molecule has 0 aliphatic heterocycles. The molecule has 79 heavy (non-hydrogen) atoms. The summed E-state index contributed by atoms with van der Waals surface area (Å²) in [4.78, 5) is 38.3. The third-order valence-electron chi connectivity index (χ3n) is 14.9. The fourth-order valence-corrected chi connectivity index (χ4v) is 9.80. The molecule has 0 aromatic carbocycles. The fourth-order valence-electron chi connectivity index (χ4n) is 9.80. The Kier molecular flexibility index (Phi) is 64.2. The Hall–Kier alpha value is -3.41. The lowest BCUT2D eigenvalue weighted by Gasteiger charge is -2.18. The number of rotatable bonds is 62. The summed E-state index contributed by atoms with van der Waals surface area (Å²) >= 11 is 0. The second kappa shape index (κ2) is 67.1. The number of hydrogen-bond donors (Lipinski definition) is 0. The van der Waals surface area contributed by atoms with E-state index in [1.807, 2.05) is 0 Å². The molecule has 0 N–H and O–H groups in total. The molecule has 0 rings (SSSR count). The van der Waals surface area contributed by atoms with Crippen LogP contribution in [0.25, 0.3) is 0 Å². The molecule has 0 radical (unpaired) electrons. The normalized spacial score (nSPS) is 12.6. The van der Waals surface area contributed by atoms with Gasteiger partial charge in [0.1, 0.15) is 13.2 Å². The Morgan fingerprint density at radius 2 is 0.494 bits per heavy atom. The van der Waals surface area contributed by atoms with E-state index >= 15 is 0 Å². The molecule has 0 amide bonds. The van der Waals surface area contributed by atoms with E-state index in [1.165, 1.54) is 205 Å². The van der Waals surface area contributed by atoms with Crippen molar-refractivity contribution in [3.63, 3.8) is 0 Å². The van der Waals surface area contributed by atoms with Gasteiger partial charge in [-0.05, 0) is 96.3 Å². The highest BCUT2D eigenvalue weighted by molar-refractivity contribution is 5.71. The average molecular weight is 1100 g/mol. The van der Waals surface area contributed by atoms with Crippen LogP contribution in [0.5, 0.6) is 0 Å². The molecule has 456 valence electrons. The molecule has 0 spiro atoms. The average Bonchev–Trinajstić information content (AvgIpc) is 3.45. The molecule has 6 heteroatoms. The van der Waals surface area contributed by atoms with Crippen LogP contribution in [0.15, 0.2) is 85.1 Å². The Morgan fingerprint density at radius 3 is 0.772 bits per heavy atom. The van der Waals surface area contributed by atoms with Crippen LogP contribution in [0, 0.1) is 0 Å². The highest BCUT2D eigenvalue weighted by Crippen LogP contribution is 2.17. The van der Waals surface area contributed by atoms with E-state index in [9.17, 15) is 14.4 Å². The number of allylic oxidation sites excluding steroid dienone is 14. The monoisotopic (exact) mass is 1100 g/mol. The van der Waals surface area contributed by atoms with E-state index in [1.54, 1.807) is 0 Å². The van der Waals surface area contributed by atoms with E-state index in [0.717, 1.165) is 96.3 Å². The molecule has 0 fully saturated rings. The zero-order valence-corrected chi connectivity index (χ0v) is 52.4. The predicted molar refractivity (Wildman–Crippen MR) is 344 cm³/mol. The van der Waals surface area contributed by atoms with Crippen molar-refractivity contribution in [1.82, 2.24) is 0 Å². The molecule has 0 aromatic rings. The molecule has 0 heterocycles. The summed E-state index contributed by atoms with van der Waals surface area (Å²) in [5.41, 5.74) is 0. The minimum absolute atomic E-state index is 0.0742. The first-order valence-electron chi connectivity index (χ1n) is 34.1. The quantitative estimate of drug-likeness (QED) is 0.0261. The summed E-state index contributed by atoms with van der Waals surface area (Å²) in [6, 6.07) is 0. The van der Waals surface area contributed by atoms with Crippen LogP contribution in [0.2, 0.25) is 0 Å². The minimum atomic E-state index is -0.778. The summed E-state index contributed by atoms with van der Waals surface area (Å²) in [5, 5.41) is 0. The molecule has 0 aliphatic rings. The molecule has 0 saturated carbocycles. The Bertz CT molecular complexity index is 1500. The molecule has 1 unspecified atom stereocenters. The number of carbonyl (C=O) groups excluding carboxylic acids is 3. The van der Waals surface area contributed by atoms with Crippen molar-refractivity contribution >= 4 is 17.9 Å². The Morgan fingerprint density at radius 1 is 0.266 bits per heavy atom. The molecule has 6 nitrogen and oxygen atoms in total. The molecular formula is C73H128O6. The molecule has 0 aliphatic carbocycles. The zero-order valence-electron chi connectivity index (χ0n) is 52.4. The van der Waals surface area contributed by atoms with E-state index in [2.05, 4.69) is 106 Å². The van der Waals surface area contributed by atoms with E-state index in [4.69, 9.17) is 14.2 Å². The van der Waals surface area contributed by atoms with Crippen LogP contribution in [0.1, 0.15) is 342 Å². The summed E-state index contributed by atoms with van der Waals surface area (Å²) in [7, 11) is 0. The van der Waals surface area contributed by atoms with Gasteiger partial charge < -0.3 is 14.2 Å². The van der Waals surface area contributed by atoms with Crippen molar-refractivity contribution in [3.8, 4) is 0 Å². The second-order valence-electron chi connectivity index (χ2n) is 22.7. The van der Waals surface area contributed by atoms with Crippen LogP contribution in [-0.4, -0.2) is 37.2 Å². The van der Waals surface area contributed by atoms with Gasteiger partial charge >= 0.3 is 17.9 Å². The maximum atomic E-state index is 12.9. The predicted octanol–water partition coefficient (Wildman–Crippen LogP) is 23.4. The van der Waals surface area contributed by atoms with Crippen molar-refractivity contribution in [2.45, 2.75) is 348 Å². The first-order valence-corrected chi connectivity index (χ1v) is 34.1. The topological polar surface area (TPSA) is 78.9 Å². The molecule has 0 aromatic heterocycles. The van der Waals surface area contributed by atoms with Gasteiger partial charge in [0.2, 0.25) is 0 Å². The first-order chi connectivity index (χ1) is 39.0. The fraction of sp³-hybridized carbons (Fsp3) is 0.767. The summed E-state index contributed by atoms with van der Waals surface area (Å²) in [6.07, 6.45) is 88.9. The first kappa shape index (κ1) is 75.6. The smallest absolute Gasteiger partial charge is 0.306 e. The van der Waals surface area contributed by atoms with E-state index < -0.39 is 6.10 Å². The number of ether oxygens (including phenoxy) is 3. The van der Waals surface area contributed by atoms with Gasteiger partial charge in [-0.15, -0.1) is 0 Å². The van der Waals surface area contributed by atoms with Crippen LogP contribution < -0.4 is 0 Å². The van der Waals surface area contributed by atoms with Crippen LogP contribution in [-0.2, 0) is 28.6 Å². The maximum Gasteiger partial charge on any atom is 0.306 e. The maximum absolute atomic E-state index is 12.9. The molecular weight excluding hydrogens is 973 g/mol. The van der Waals surface area contributed by atoms with Gasteiger partial charge in [0.15, 0.2) is 6.10 Å². The van der Waals surface area contributed by atoms with Gasteiger partial charge in [-0.3, -0.25) is 14.4 Å². The van der Waals surface area contributed by atoms with Crippen molar-refractivity contribution in [2.75, 3.05) is 13.2 Å². The lowest BCUT2D eigenvalue weighted by molar-refractivity contribution is -0.167. The number of carbonyl (C=O) groups is 3. The third-order valence-corrected chi connectivity index (χ3v) is 14.9. The summed E-state index contributed by atoms with van der Waals surface area (Å²) in [6.45, 7) is 6.55. The van der Waals surface area contributed by atoms with Gasteiger partial charge in [0, 0.05) is 19.3 Å². The van der Waals surface area contributed by atoms with Crippen LogP contribution >= 0.6 is 0 Å². The lowest BCUT2D eigenvalue weighted by Crippen LogP contribution is -2.30. The summed E-state index contributed by atoms with van der Waals surface area (Å²) in [5.74, 6) is -0.864. The Balaban J connectivity index is 4.22. The SMILES string of the molecule is CC/C=C\C/C=C\C/C=C\C/C=C\C/C=C\CCCCCCCCCCCCCCCC(=O)OCC(COC(=O)CCCCCCCCCCCCC)OC(=O)CCCCCCCCCCC/C=C\C/C=C\CCCCCCC. The largest absolute Gasteiger partial charge is 0.462 e. The van der Waals surface area contributed by atoms with Crippen LogP contribution in [0.3, 0.4) is 0 Å².